The monoisotopic (exact) mass is 490 g/mol. The average molecular weight is 491 g/mol. The molecular weight excluding hydrogens is 464 g/mol. The van der Waals surface area contributed by atoms with E-state index in [0.717, 1.165) is 5.56 Å². The number of aromatic nitrogens is 1. The van der Waals surface area contributed by atoms with E-state index in [0.29, 0.717) is 60.3 Å². The van der Waals surface area contributed by atoms with Crippen LogP contribution in [0.5, 0.6) is 17.4 Å². The second-order valence-corrected chi connectivity index (χ2v) is 8.48. The first kappa shape index (κ1) is 23.4. The number of hydrogen-bond donors (Lipinski definition) is 3. The van der Waals surface area contributed by atoms with Crippen molar-refractivity contribution >= 4 is 23.4 Å². The summed E-state index contributed by atoms with van der Waals surface area (Å²) in [6, 6.07) is 16.1. The molecule has 1 unspecified atom stereocenters. The maximum absolute atomic E-state index is 12.5. The third kappa shape index (κ3) is 4.89. The molecule has 0 saturated carbocycles. The summed E-state index contributed by atoms with van der Waals surface area (Å²) in [4.78, 5) is 30.0. The zero-order valence-corrected chi connectivity index (χ0v) is 19.7. The Kier molecular flexibility index (Phi) is 6.59. The first-order chi connectivity index (χ1) is 17.5. The highest BCUT2D eigenvalue weighted by Crippen LogP contribution is 2.34. The number of anilines is 2. The second kappa shape index (κ2) is 10.1. The number of carbonyl (C=O) groups excluding carboxylic acids is 2. The molecule has 5 rings (SSSR count). The van der Waals surface area contributed by atoms with Gasteiger partial charge in [0, 0.05) is 29.4 Å². The number of aromatic hydroxyl groups is 1. The topological polar surface area (TPSA) is 122 Å². The zero-order chi connectivity index (χ0) is 25.1. The fourth-order valence-corrected chi connectivity index (χ4v) is 4.23. The number of cyclic esters (lactones) is 1. The van der Waals surface area contributed by atoms with Crippen LogP contribution in [0.2, 0.25) is 0 Å². The molecule has 1 aromatic heterocycles. The molecule has 2 aliphatic rings. The standard InChI is InChI=1S/C26H26N4O6/c1-34-24-7-3-6-20(29-24)19-5-2-4-16(25(19)32)13-27-11-10-18-14-30(26(33)36-18)17-8-9-22-21(12-17)28-23(31)15-35-22/h2-9,12,18,27,32H,10-11,13-15H2,1H3,(H,28,31). The molecule has 0 spiro atoms. The summed E-state index contributed by atoms with van der Waals surface area (Å²) in [5, 5.41) is 16.8. The van der Waals surface area contributed by atoms with Gasteiger partial charge in [-0.2, -0.15) is 0 Å². The number of pyridine rings is 1. The van der Waals surface area contributed by atoms with Crippen molar-refractivity contribution in [1.29, 1.82) is 0 Å². The molecule has 1 saturated heterocycles. The maximum Gasteiger partial charge on any atom is 0.414 e. The Morgan fingerprint density at radius 1 is 1.19 bits per heavy atom. The number of phenolic OH excluding ortho intramolecular Hbond substituents is 1. The summed E-state index contributed by atoms with van der Waals surface area (Å²) in [6.07, 6.45) is -0.114. The van der Waals surface area contributed by atoms with Crippen LogP contribution in [0.4, 0.5) is 16.2 Å². The first-order valence-corrected chi connectivity index (χ1v) is 11.6. The van der Waals surface area contributed by atoms with E-state index in [2.05, 4.69) is 15.6 Å². The number of fused-ring (bicyclic) bond motifs is 1. The van der Waals surface area contributed by atoms with Crippen LogP contribution < -0.4 is 25.0 Å². The van der Waals surface area contributed by atoms with Crippen molar-refractivity contribution in [1.82, 2.24) is 10.3 Å². The van der Waals surface area contributed by atoms with Gasteiger partial charge in [-0.25, -0.2) is 9.78 Å². The molecule has 2 amide bonds. The number of para-hydroxylation sites is 1. The van der Waals surface area contributed by atoms with Crippen molar-refractivity contribution in [2.24, 2.45) is 0 Å². The third-order valence-electron chi connectivity index (χ3n) is 6.07. The summed E-state index contributed by atoms with van der Waals surface area (Å²) < 4.78 is 16.1. The quantitative estimate of drug-likeness (QED) is 0.411. The van der Waals surface area contributed by atoms with Crippen LogP contribution in [-0.4, -0.2) is 55.0 Å². The highest BCUT2D eigenvalue weighted by atomic mass is 16.6. The number of nitrogens with one attached hydrogen (secondary N) is 2. The first-order valence-electron chi connectivity index (χ1n) is 11.6. The van der Waals surface area contributed by atoms with E-state index in [1.165, 1.54) is 0 Å². The lowest BCUT2D eigenvalue weighted by Crippen LogP contribution is -2.28. The van der Waals surface area contributed by atoms with E-state index in [-0.39, 0.29) is 24.4 Å². The van der Waals surface area contributed by atoms with E-state index in [1.807, 2.05) is 30.3 Å². The van der Waals surface area contributed by atoms with Gasteiger partial charge in [-0.3, -0.25) is 9.69 Å². The molecule has 36 heavy (non-hydrogen) atoms. The number of rotatable bonds is 8. The molecule has 1 atom stereocenters. The van der Waals surface area contributed by atoms with Gasteiger partial charge < -0.3 is 30.0 Å². The Balaban J connectivity index is 1.16. The van der Waals surface area contributed by atoms with E-state index < -0.39 is 6.09 Å². The molecule has 0 radical (unpaired) electrons. The van der Waals surface area contributed by atoms with Crippen molar-refractivity contribution in [3.05, 3.63) is 60.2 Å². The summed E-state index contributed by atoms with van der Waals surface area (Å²) in [5.41, 5.74) is 3.15. The number of ether oxygens (including phenoxy) is 3. The molecule has 186 valence electrons. The lowest BCUT2D eigenvalue weighted by Gasteiger charge is -2.20. The Morgan fingerprint density at radius 2 is 2.06 bits per heavy atom. The van der Waals surface area contributed by atoms with Gasteiger partial charge >= 0.3 is 6.09 Å². The summed E-state index contributed by atoms with van der Waals surface area (Å²) in [5.74, 6) is 0.974. The van der Waals surface area contributed by atoms with E-state index >= 15 is 0 Å². The molecule has 2 aromatic carbocycles. The number of hydrogen-bond acceptors (Lipinski definition) is 8. The van der Waals surface area contributed by atoms with Gasteiger partial charge in [0.05, 0.1) is 25.0 Å². The van der Waals surface area contributed by atoms with Crippen LogP contribution in [0.3, 0.4) is 0 Å². The van der Waals surface area contributed by atoms with Crippen LogP contribution in [0.25, 0.3) is 11.3 Å². The summed E-state index contributed by atoms with van der Waals surface area (Å²) in [6.45, 7) is 1.41. The second-order valence-electron chi connectivity index (χ2n) is 8.48. The average Bonchev–Trinajstić information content (AvgIpc) is 3.27. The Labute approximate surface area is 207 Å². The van der Waals surface area contributed by atoms with Gasteiger partial charge in [-0.05, 0) is 43.3 Å². The molecule has 0 bridgehead atoms. The smallest absolute Gasteiger partial charge is 0.414 e. The summed E-state index contributed by atoms with van der Waals surface area (Å²) in [7, 11) is 1.55. The Morgan fingerprint density at radius 3 is 2.92 bits per heavy atom. The van der Waals surface area contributed by atoms with Gasteiger partial charge in [0.25, 0.3) is 5.91 Å². The molecule has 3 heterocycles. The van der Waals surface area contributed by atoms with Crippen LogP contribution >= 0.6 is 0 Å². The van der Waals surface area contributed by atoms with E-state index in [9.17, 15) is 14.7 Å². The van der Waals surface area contributed by atoms with Gasteiger partial charge in [0.2, 0.25) is 5.88 Å². The molecule has 10 nitrogen and oxygen atoms in total. The Hall–Kier alpha value is -4.31. The fraction of sp³-hybridized carbons (Fsp3) is 0.269. The molecule has 3 N–H and O–H groups in total. The zero-order valence-electron chi connectivity index (χ0n) is 19.7. The number of amides is 2. The van der Waals surface area contributed by atoms with Crippen LogP contribution in [0.1, 0.15) is 12.0 Å². The number of benzene rings is 2. The normalized spacial score (nSPS) is 16.7. The Bertz CT molecular complexity index is 1300. The van der Waals surface area contributed by atoms with Crippen molar-refractivity contribution in [3.63, 3.8) is 0 Å². The third-order valence-corrected chi connectivity index (χ3v) is 6.07. The van der Waals surface area contributed by atoms with Crippen molar-refractivity contribution in [2.75, 3.05) is 37.0 Å². The molecule has 10 heteroatoms. The van der Waals surface area contributed by atoms with Crippen molar-refractivity contribution in [2.45, 2.75) is 19.1 Å². The largest absolute Gasteiger partial charge is 0.507 e. The minimum absolute atomic E-state index is 0.0207. The molecular formula is C26H26N4O6. The van der Waals surface area contributed by atoms with E-state index in [1.54, 1.807) is 36.3 Å². The highest BCUT2D eigenvalue weighted by Gasteiger charge is 2.32. The van der Waals surface area contributed by atoms with Gasteiger partial charge in [-0.1, -0.05) is 18.2 Å². The number of methoxy groups -OCH3 is 1. The maximum atomic E-state index is 12.5. The molecule has 2 aliphatic heterocycles. The fourth-order valence-electron chi connectivity index (χ4n) is 4.23. The summed E-state index contributed by atoms with van der Waals surface area (Å²) >= 11 is 0. The minimum Gasteiger partial charge on any atom is -0.507 e. The highest BCUT2D eigenvalue weighted by molar-refractivity contribution is 5.97. The van der Waals surface area contributed by atoms with Crippen molar-refractivity contribution < 1.29 is 28.9 Å². The minimum atomic E-state index is -0.431. The predicted molar refractivity (Wildman–Crippen MR) is 132 cm³/mol. The SMILES string of the molecule is COc1cccc(-c2cccc(CNCCC3CN(c4ccc5c(c4)NC(=O)CO5)C(=O)O3)c2O)n1. The number of phenols is 1. The van der Waals surface area contributed by atoms with E-state index in [4.69, 9.17) is 14.2 Å². The molecule has 3 aromatic rings. The molecule has 1 fully saturated rings. The van der Waals surface area contributed by atoms with Gasteiger partial charge in [0.1, 0.15) is 17.6 Å². The van der Waals surface area contributed by atoms with Crippen LogP contribution in [0, 0.1) is 0 Å². The van der Waals surface area contributed by atoms with Crippen molar-refractivity contribution in [3.8, 4) is 28.6 Å². The lowest BCUT2D eigenvalue weighted by atomic mass is 10.1. The van der Waals surface area contributed by atoms with Gasteiger partial charge in [0.15, 0.2) is 6.61 Å². The number of nitrogens with zero attached hydrogens (tertiary/aromatic N) is 2. The van der Waals surface area contributed by atoms with Crippen LogP contribution in [0.15, 0.2) is 54.6 Å². The lowest BCUT2D eigenvalue weighted by molar-refractivity contribution is -0.118. The predicted octanol–water partition coefficient (Wildman–Crippen LogP) is 3.30. The van der Waals surface area contributed by atoms with Crippen LogP contribution in [-0.2, 0) is 16.1 Å². The van der Waals surface area contributed by atoms with Gasteiger partial charge in [-0.15, -0.1) is 0 Å². The molecule has 0 aliphatic carbocycles. The number of carbonyl (C=O) groups is 2.